The van der Waals surface area contributed by atoms with Crippen LogP contribution < -0.4 is 5.32 Å². The van der Waals surface area contributed by atoms with Gasteiger partial charge < -0.3 is 15.0 Å². The van der Waals surface area contributed by atoms with Crippen molar-refractivity contribution in [2.75, 3.05) is 11.9 Å². The number of carbonyl (C=O) groups excluding carboxylic acids is 2. The van der Waals surface area contributed by atoms with Crippen molar-refractivity contribution in [2.45, 2.75) is 20.8 Å². The van der Waals surface area contributed by atoms with Gasteiger partial charge in [-0.1, -0.05) is 48.5 Å². The van der Waals surface area contributed by atoms with Gasteiger partial charge in [-0.3, -0.25) is 4.79 Å². The molecule has 0 atom stereocenters. The average Bonchev–Trinajstić information content (AvgIpc) is 2.97. The Bertz CT molecular complexity index is 974. The van der Waals surface area contributed by atoms with Crippen LogP contribution in [0.3, 0.4) is 0 Å². The third kappa shape index (κ3) is 3.77. The summed E-state index contributed by atoms with van der Waals surface area (Å²) in [5.74, 6) is -0.720. The molecule has 0 radical (unpaired) electrons. The Morgan fingerprint density at radius 2 is 1.67 bits per heavy atom. The lowest BCUT2D eigenvalue weighted by Crippen LogP contribution is -2.15. The summed E-state index contributed by atoms with van der Waals surface area (Å²) in [6.45, 7) is 5.54. The Morgan fingerprint density at radius 1 is 1.00 bits per heavy atom. The molecule has 0 aliphatic heterocycles. The molecule has 27 heavy (non-hydrogen) atoms. The molecule has 0 bridgehead atoms. The molecule has 5 heteroatoms. The summed E-state index contributed by atoms with van der Waals surface area (Å²) in [5, 5.41) is 2.96. The van der Waals surface area contributed by atoms with Gasteiger partial charge in [0.1, 0.15) is 5.69 Å². The Balaban J connectivity index is 1.92. The number of anilines is 1. The van der Waals surface area contributed by atoms with Crippen LogP contribution in [0.1, 0.15) is 39.0 Å². The second kappa shape index (κ2) is 7.91. The molecular formula is C22H22N2O3. The molecule has 5 nitrogen and oxygen atoms in total. The molecule has 0 spiro atoms. The van der Waals surface area contributed by atoms with Crippen LogP contribution in [0.5, 0.6) is 0 Å². The predicted molar refractivity (Wildman–Crippen MR) is 106 cm³/mol. The molecule has 1 heterocycles. The second-order valence-corrected chi connectivity index (χ2v) is 6.21. The molecule has 0 aliphatic carbocycles. The first-order valence-electron chi connectivity index (χ1n) is 8.85. The standard InChI is InChI=1S/C22H22N2O3/c1-4-27-22(26)19-14(2)20(23-15(19)3)21(25)24-18-13-9-8-12-17(18)16-10-6-5-7-11-16/h5-13,23H,4H2,1-3H3,(H,24,25). The molecule has 2 aromatic carbocycles. The Kier molecular flexibility index (Phi) is 5.41. The Hall–Kier alpha value is -3.34. The van der Waals surface area contributed by atoms with E-state index in [1.807, 2.05) is 54.6 Å². The van der Waals surface area contributed by atoms with Crippen LogP contribution >= 0.6 is 0 Å². The first-order valence-corrected chi connectivity index (χ1v) is 8.85. The van der Waals surface area contributed by atoms with E-state index in [1.165, 1.54) is 0 Å². The zero-order chi connectivity index (χ0) is 19.4. The Labute approximate surface area is 158 Å². The molecule has 0 saturated heterocycles. The maximum absolute atomic E-state index is 12.9. The maximum Gasteiger partial charge on any atom is 0.340 e. The number of carbonyl (C=O) groups is 2. The molecule has 0 aliphatic rings. The van der Waals surface area contributed by atoms with Crippen molar-refractivity contribution in [1.29, 1.82) is 0 Å². The molecular weight excluding hydrogens is 340 g/mol. The van der Waals surface area contributed by atoms with Gasteiger partial charge in [-0.05, 0) is 38.0 Å². The number of H-pyrrole nitrogens is 1. The zero-order valence-electron chi connectivity index (χ0n) is 15.6. The average molecular weight is 362 g/mol. The number of rotatable bonds is 5. The van der Waals surface area contributed by atoms with Crippen molar-refractivity contribution < 1.29 is 14.3 Å². The quantitative estimate of drug-likeness (QED) is 0.645. The molecule has 1 aromatic heterocycles. The predicted octanol–water partition coefficient (Wildman–Crippen LogP) is 4.73. The summed E-state index contributed by atoms with van der Waals surface area (Å²) in [4.78, 5) is 28.0. The SMILES string of the molecule is CCOC(=O)c1c(C)[nH]c(C(=O)Nc2ccccc2-c2ccccc2)c1C. The van der Waals surface area contributed by atoms with Crippen molar-refractivity contribution in [2.24, 2.45) is 0 Å². The molecule has 3 aromatic rings. The number of aryl methyl sites for hydroxylation is 1. The minimum atomic E-state index is -0.424. The van der Waals surface area contributed by atoms with Crippen LogP contribution in [-0.2, 0) is 4.74 Å². The van der Waals surface area contributed by atoms with E-state index < -0.39 is 5.97 Å². The third-order valence-electron chi connectivity index (χ3n) is 4.40. The maximum atomic E-state index is 12.9. The zero-order valence-corrected chi connectivity index (χ0v) is 15.6. The monoisotopic (exact) mass is 362 g/mol. The summed E-state index contributed by atoms with van der Waals surface area (Å²) in [7, 11) is 0. The fourth-order valence-electron chi connectivity index (χ4n) is 3.13. The number of hydrogen-bond donors (Lipinski definition) is 2. The lowest BCUT2D eigenvalue weighted by atomic mass is 10.0. The van der Waals surface area contributed by atoms with Crippen LogP contribution in [0.25, 0.3) is 11.1 Å². The van der Waals surface area contributed by atoms with E-state index >= 15 is 0 Å². The van der Waals surface area contributed by atoms with Gasteiger partial charge in [0, 0.05) is 16.9 Å². The van der Waals surface area contributed by atoms with Gasteiger partial charge in [0.25, 0.3) is 5.91 Å². The largest absolute Gasteiger partial charge is 0.462 e. The minimum Gasteiger partial charge on any atom is -0.462 e. The van der Waals surface area contributed by atoms with Crippen molar-refractivity contribution in [3.63, 3.8) is 0 Å². The van der Waals surface area contributed by atoms with Gasteiger partial charge >= 0.3 is 5.97 Å². The van der Waals surface area contributed by atoms with Gasteiger partial charge in [-0.15, -0.1) is 0 Å². The summed E-state index contributed by atoms with van der Waals surface area (Å²) >= 11 is 0. The topological polar surface area (TPSA) is 71.2 Å². The van der Waals surface area contributed by atoms with Crippen molar-refractivity contribution in [3.05, 3.63) is 77.1 Å². The van der Waals surface area contributed by atoms with Gasteiger partial charge in [-0.25, -0.2) is 4.79 Å². The van der Waals surface area contributed by atoms with Crippen LogP contribution in [0.15, 0.2) is 54.6 Å². The van der Waals surface area contributed by atoms with Crippen molar-refractivity contribution in [3.8, 4) is 11.1 Å². The molecule has 2 N–H and O–H groups in total. The smallest absolute Gasteiger partial charge is 0.340 e. The molecule has 0 fully saturated rings. The normalized spacial score (nSPS) is 10.5. The second-order valence-electron chi connectivity index (χ2n) is 6.21. The number of aromatic amines is 1. The van der Waals surface area contributed by atoms with E-state index in [2.05, 4.69) is 10.3 Å². The van der Waals surface area contributed by atoms with Gasteiger partial charge in [0.2, 0.25) is 0 Å². The van der Waals surface area contributed by atoms with Gasteiger partial charge in [0.05, 0.1) is 12.2 Å². The number of hydrogen-bond acceptors (Lipinski definition) is 3. The van der Waals surface area contributed by atoms with Crippen LogP contribution in [-0.4, -0.2) is 23.5 Å². The minimum absolute atomic E-state index is 0.287. The van der Waals surface area contributed by atoms with E-state index in [-0.39, 0.29) is 12.5 Å². The van der Waals surface area contributed by atoms with Crippen molar-refractivity contribution >= 4 is 17.6 Å². The number of para-hydroxylation sites is 1. The number of esters is 1. The third-order valence-corrected chi connectivity index (χ3v) is 4.40. The highest BCUT2D eigenvalue weighted by Crippen LogP contribution is 2.28. The van der Waals surface area contributed by atoms with E-state index in [0.29, 0.717) is 28.2 Å². The molecule has 0 unspecified atom stereocenters. The summed E-state index contributed by atoms with van der Waals surface area (Å²) < 4.78 is 5.09. The lowest BCUT2D eigenvalue weighted by Gasteiger charge is -2.11. The summed E-state index contributed by atoms with van der Waals surface area (Å²) in [6, 6.07) is 17.5. The van der Waals surface area contributed by atoms with E-state index in [1.54, 1.807) is 20.8 Å². The molecule has 3 rings (SSSR count). The van der Waals surface area contributed by atoms with Crippen LogP contribution in [0.2, 0.25) is 0 Å². The number of aromatic nitrogens is 1. The van der Waals surface area contributed by atoms with Crippen LogP contribution in [0.4, 0.5) is 5.69 Å². The number of ether oxygens (including phenoxy) is 1. The number of nitrogens with one attached hydrogen (secondary N) is 2. The summed E-state index contributed by atoms with van der Waals surface area (Å²) in [6.07, 6.45) is 0. The van der Waals surface area contributed by atoms with Gasteiger partial charge in [0.15, 0.2) is 0 Å². The van der Waals surface area contributed by atoms with E-state index in [4.69, 9.17) is 4.74 Å². The highest BCUT2D eigenvalue weighted by Gasteiger charge is 2.23. The number of amides is 1. The first kappa shape index (κ1) is 18.5. The van der Waals surface area contributed by atoms with E-state index in [9.17, 15) is 9.59 Å². The highest BCUT2D eigenvalue weighted by atomic mass is 16.5. The Morgan fingerprint density at radius 3 is 2.37 bits per heavy atom. The van der Waals surface area contributed by atoms with Crippen LogP contribution in [0, 0.1) is 13.8 Å². The molecule has 0 saturated carbocycles. The molecule has 1 amide bonds. The van der Waals surface area contributed by atoms with E-state index in [0.717, 1.165) is 11.1 Å². The van der Waals surface area contributed by atoms with Gasteiger partial charge in [-0.2, -0.15) is 0 Å². The summed E-state index contributed by atoms with van der Waals surface area (Å²) in [5.41, 5.74) is 4.63. The lowest BCUT2D eigenvalue weighted by molar-refractivity contribution is 0.0525. The fraction of sp³-hybridized carbons (Fsp3) is 0.182. The number of benzene rings is 2. The highest BCUT2D eigenvalue weighted by molar-refractivity contribution is 6.08. The fourth-order valence-corrected chi connectivity index (χ4v) is 3.13. The van der Waals surface area contributed by atoms with Crippen molar-refractivity contribution in [1.82, 2.24) is 4.98 Å². The first-order chi connectivity index (χ1) is 13.0. The molecule has 138 valence electrons.